The molecule has 0 radical (unpaired) electrons. The number of likely N-dealkylation sites (N-methyl/N-ethyl adjacent to an activating group) is 1. The van der Waals surface area contributed by atoms with Gasteiger partial charge in [-0.1, -0.05) is 74.4 Å². The van der Waals surface area contributed by atoms with Crippen molar-refractivity contribution in [3.05, 3.63) is 11.7 Å². The van der Waals surface area contributed by atoms with Crippen LogP contribution in [0.4, 0.5) is 0 Å². The van der Waals surface area contributed by atoms with E-state index in [4.69, 9.17) is 4.52 Å². The molecule has 2 heterocycles. The summed E-state index contributed by atoms with van der Waals surface area (Å²) in [7, 11) is 2.20. The van der Waals surface area contributed by atoms with Crippen molar-refractivity contribution in [3.8, 4) is 0 Å². The van der Waals surface area contributed by atoms with Crippen molar-refractivity contribution in [2.75, 3.05) is 39.8 Å². The monoisotopic (exact) mass is 372 g/mol. The summed E-state index contributed by atoms with van der Waals surface area (Å²) in [4.78, 5) is 8.99. The number of piperazine rings is 1. The van der Waals surface area contributed by atoms with Gasteiger partial charge in [0.25, 0.3) is 0 Å². The third-order valence-electron chi connectivity index (χ3n) is 3.28. The molecule has 0 saturated carbocycles. The molecule has 26 heavy (non-hydrogen) atoms. The second kappa shape index (κ2) is 20.4. The SMILES string of the molecule is CC.CC.CC.CC(C)CN1CCN(C)CC1.Cc1nc(C(C)C)no1. The second-order valence-electron chi connectivity index (χ2n) is 6.32. The molecule has 2 rings (SSSR count). The van der Waals surface area contributed by atoms with Gasteiger partial charge in [0.1, 0.15) is 0 Å². The molecule has 1 aromatic rings. The van der Waals surface area contributed by atoms with Gasteiger partial charge < -0.3 is 14.3 Å². The van der Waals surface area contributed by atoms with Crippen LogP contribution in [0.2, 0.25) is 0 Å². The Morgan fingerprint density at radius 3 is 1.62 bits per heavy atom. The van der Waals surface area contributed by atoms with Crippen LogP contribution in [0.5, 0.6) is 0 Å². The number of hydrogen-bond acceptors (Lipinski definition) is 5. The number of hydrogen-bond donors (Lipinski definition) is 0. The molecule has 0 aromatic carbocycles. The molecule has 5 heteroatoms. The van der Waals surface area contributed by atoms with Crippen molar-refractivity contribution in [2.45, 2.75) is 82.1 Å². The van der Waals surface area contributed by atoms with Gasteiger partial charge in [-0.2, -0.15) is 4.98 Å². The lowest BCUT2D eigenvalue weighted by Crippen LogP contribution is -2.45. The quantitative estimate of drug-likeness (QED) is 0.704. The fraction of sp³-hybridized carbons (Fsp3) is 0.905. The summed E-state index contributed by atoms with van der Waals surface area (Å²) in [5.41, 5.74) is 0. The molecular weight excluding hydrogens is 324 g/mol. The Kier molecular flexibility index (Phi) is 23.4. The van der Waals surface area contributed by atoms with Gasteiger partial charge in [-0.3, -0.25) is 0 Å². The van der Waals surface area contributed by atoms with Gasteiger partial charge in [0, 0.05) is 45.6 Å². The maximum atomic E-state index is 4.76. The van der Waals surface area contributed by atoms with Gasteiger partial charge in [-0.05, 0) is 13.0 Å². The molecule has 1 aliphatic heterocycles. The average molecular weight is 373 g/mol. The number of rotatable bonds is 3. The first kappa shape index (κ1) is 29.8. The van der Waals surface area contributed by atoms with E-state index in [1.807, 2.05) is 55.4 Å². The van der Waals surface area contributed by atoms with E-state index in [-0.39, 0.29) is 0 Å². The molecule has 1 fully saturated rings. The first-order chi connectivity index (χ1) is 12.4. The summed E-state index contributed by atoms with van der Waals surface area (Å²) in [6, 6.07) is 0. The minimum Gasteiger partial charge on any atom is -0.340 e. The molecule has 0 aliphatic carbocycles. The third-order valence-corrected chi connectivity index (χ3v) is 3.28. The number of nitrogens with zero attached hydrogens (tertiary/aromatic N) is 4. The Morgan fingerprint density at radius 1 is 0.885 bits per heavy atom. The maximum Gasteiger partial charge on any atom is 0.223 e. The zero-order chi connectivity index (χ0) is 21.1. The van der Waals surface area contributed by atoms with Crippen LogP contribution < -0.4 is 0 Å². The first-order valence-corrected chi connectivity index (χ1v) is 10.6. The summed E-state index contributed by atoms with van der Waals surface area (Å²) >= 11 is 0. The summed E-state index contributed by atoms with van der Waals surface area (Å²) < 4.78 is 4.76. The van der Waals surface area contributed by atoms with Crippen LogP contribution in [0, 0.1) is 12.8 Å². The van der Waals surface area contributed by atoms with Crippen LogP contribution in [0.3, 0.4) is 0 Å². The smallest absolute Gasteiger partial charge is 0.223 e. The highest BCUT2D eigenvalue weighted by Crippen LogP contribution is 2.08. The Hall–Kier alpha value is -0.940. The molecule has 0 amide bonds. The second-order valence-corrected chi connectivity index (χ2v) is 6.32. The molecule has 0 N–H and O–H groups in total. The molecule has 1 aromatic heterocycles. The highest BCUT2D eigenvalue weighted by molar-refractivity contribution is 4.89. The molecule has 0 bridgehead atoms. The molecule has 1 saturated heterocycles. The minimum absolute atomic E-state index is 0.363. The standard InChI is InChI=1S/C9H20N2.C6H10N2O.3C2H6/c1-9(2)8-11-6-4-10(3)5-7-11;1-4(2)6-7-5(3)9-8-6;3*1-2/h9H,4-8H2,1-3H3;4H,1-3H3;3*1-2H3. The van der Waals surface area contributed by atoms with Crippen LogP contribution in [-0.4, -0.2) is 59.7 Å². The zero-order valence-corrected chi connectivity index (χ0v) is 19.9. The van der Waals surface area contributed by atoms with Crippen molar-refractivity contribution in [1.82, 2.24) is 19.9 Å². The van der Waals surface area contributed by atoms with Crippen LogP contribution >= 0.6 is 0 Å². The van der Waals surface area contributed by atoms with Gasteiger partial charge in [0.05, 0.1) is 0 Å². The Balaban J connectivity index is -0.000000319. The predicted molar refractivity (Wildman–Crippen MR) is 116 cm³/mol. The average Bonchev–Trinajstić information content (AvgIpc) is 3.09. The number of aryl methyl sites for hydroxylation is 1. The van der Waals surface area contributed by atoms with E-state index in [1.54, 1.807) is 6.92 Å². The van der Waals surface area contributed by atoms with E-state index in [9.17, 15) is 0 Å². The zero-order valence-electron chi connectivity index (χ0n) is 19.9. The Bertz CT molecular complexity index is 370. The van der Waals surface area contributed by atoms with Crippen molar-refractivity contribution >= 4 is 0 Å². The lowest BCUT2D eigenvalue weighted by atomic mass is 10.2. The summed E-state index contributed by atoms with van der Waals surface area (Å²) in [6.45, 7) is 28.7. The fourth-order valence-corrected chi connectivity index (χ4v) is 2.10. The molecule has 0 spiro atoms. The largest absolute Gasteiger partial charge is 0.340 e. The van der Waals surface area contributed by atoms with Crippen molar-refractivity contribution in [3.63, 3.8) is 0 Å². The topological polar surface area (TPSA) is 45.4 Å². The molecule has 0 unspecified atom stereocenters. The maximum absolute atomic E-state index is 4.76. The first-order valence-electron chi connectivity index (χ1n) is 10.6. The van der Waals surface area contributed by atoms with Gasteiger partial charge in [-0.25, -0.2) is 0 Å². The molecule has 158 valence electrons. The van der Waals surface area contributed by atoms with Gasteiger partial charge in [-0.15, -0.1) is 0 Å². The van der Waals surface area contributed by atoms with Crippen LogP contribution in [0.25, 0.3) is 0 Å². The van der Waals surface area contributed by atoms with Crippen LogP contribution in [0.15, 0.2) is 4.52 Å². The van der Waals surface area contributed by atoms with Crippen molar-refractivity contribution in [2.24, 2.45) is 5.92 Å². The summed E-state index contributed by atoms with van der Waals surface area (Å²) in [5.74, 6) is 2.60. The van der Waals surface area contributed by atoms with Crippen molar-refractivity contribution in [1.29, 1.82) is 0 Å². The van der Waals surface area contributed by atoms with E-state index >= 15 is 0 Å². The van der Waals surface area contributed by atoms with Gasteiger partial charge >= 0.3 is 0 Å². The summed E-state index contributed by atoms with van der Waals surface area (Å²) in [5, 5.41) is 3.73. The van der Waals surface area contributed by atoms with Crippen LogP contribution in [0.1, 0.15) is 86.9 Å². The fourth-order valence-electron chi connectivity index (χ4n) is 2.10. The van der Waals surface area contributed by atoms with E-state index in [0.29, 0.717) is 11.8 Å². The van der Waals surface area contributed by atoms with E-state index in [1.165, 1.54) is 32.7 Å². The van der Waals surface area contributed by atoms with E-state index in [2.05, 4.69) is 40.8 Å². The molecule has 5 nitrogen and oxygen atoms in total. The third kappa shape index (κ3) is 16.5. The minimum atomic E-state index is 0.363. The normalized spacial score (nSPS) is 14.1. The molecule has 0 atom stereocenters. The lowest BCUT2D eigenvalue weighted by Gasteiger charge is -2.33. The predicted octanol–water partition coefficient (Wildman–Crippen LogP) is 5.47. The Morgan fingerprint density at radius 2 is 1.35 bits per heavy atom. The van der Waals surface area contributed by atoms with Crippen molar-refractivity contribution < 1.29 is 4.52 Å². The van der Waals surface area contributed by atoms with Gasteiger partial charge in [0.2, 0.25) is 5.89 Å². The van der Waals surface area contributed by atoms with Gasteiger partial charge in [0.15, 0.2) is 5.82 Å². The van der Waals surface area contributed by atoms with E-state index < -0.39 is 0 Å². The van der Waals surface area contributed by atoms with E-state index in [0.717, 1.165) is 11.7 Å². The highest BCUT2D eigenvalue weighted by atomic mass is 16.5. The van der Waals surface area contributed by atoms with Crippen LogP contribution in [-0.2, 0) is 0 Å². The Labute approximate surface area is 164 Å². The molecular formula is C21H48N4O. The number of aromatic nitrogens is 2. The lowest BCUT2D eigenvalue weighted by molar-refractivity contribution is 0.141. The highest BCUT2D eigenvalue weighted by Gasteiger charge is 2.13. The molecule has 1 aliphatic rings. The summed E-state index contributed by atoms with van der Waals surface area (Å²) in [6.07, 6.45) is 0.